The minimum absolute atomic E-state index is 0.0269. The Bertz CT molecular complexity index is 491. The number of nitrogens with one attached hydrogen (secondary N) is 1. The van der Waals surface area contributed by atoms with E-state index in [0.29, 0.717) is 12.2 Å². The second-order valence-electron chi connectivity index (χ2n) is 4.70. The van der Waals surface area contributed by atoms with E-state index in [-0.39, 0.29) is 24.5 Å². The van der Waals surface area contributed by atoms with Crippen LogP contribution in [0.15, 0.2) is 24.3 Å². The van der Waals surface area contributed by atoms with Crippen LogP contribution in [0.25, 0.3) is 0 Å². The van der Waals surface area contributed by atoms with E-state index < -0.39 is 13.1 Å². The van der Waals surface area contributed by atoms with E-state index in [1.54, 1.807) is 6.07 Å². The van der Waals surface area contributed by atoms with Gasteiger partial charge >= 0.3 is 7.12 Å². The summed E-state index contributed by atoms with van der Waals surface area (Å²) in [5.74, 6) is -0.109. The lowest BCUT2D eigenvalue weighted by molar-refractivity contribution is -0.124. The molecule has 6 heteroatoms. The summed E-state index contributed by atoms with van der Waals surface area (Å²) in [5.41, 5.74) is 0.949. The smallest absolute Gasteiger partial charge is 0.535 e. The molecule has 5 nitrogen and oxygen atoms in total. The minimum atomic E-state index is -1.06. The highest BCUT2D eigenvalue weighted by molar-refractivity contribution is 6.46. The van der Waals surface area contributed by atoms with E-state index in [4.69, 9.17) is 4.65 Å². The van der Waals surface area contributed by atoms with E-state index in [1.807, 2.05) is 18.2 Å². The third-order valence-electron chi connectivity index (χ3n) is 3.05. The third kappa shape index (κ3) is 3.57. The molecule has 0 unspecified atom stereocenters. The van der Waals surface area contributed by atoms with Gasteiger partial charge in [-0.2, -0.15) is 0 Å². The van der Waals surface area contributed by atoms with E-state index in [0.717, 1.165) is 5.56 Å². The quantitative estimate of drug-likeness (QED) is 0.773. The van der Waals surface area contributed by atoms with Gasteiger partial charge in [0.2, 0.25) is 5.91 Å². The second-order valence-corrected chi connectivity index (χ2v) is 4.70. The zero-order valence-corrected chi connectivity index (χ0v) is 10.8. The summed E-state index contributed by atoms with van der Waals surface area (Å²) in [6.45, 7) is 1.45. The van der Waals surface area contributed by atoms with E-state index >= 15 is 0 Å². The SMILES string of the molecule is CC(=O)CCC(=O)N[C@H]1Cc2ccccc2OB1O. The van der Waals surface area contributed by atoms with Gasteiger partial charge in [0.15, 0.2) is 0 Å². The number of fused-ring (bicyclic) bond motifs is 1. The average Bonchev–Trinajstić information content (AvgIpc) is 2.37. The monoisotopic (exact) mass is 261 g/mol. The van der Waals surface area contributed by atoms with Crippen molar-refractivity contribution in [3.8, 4) is 5.75 Å². The largest absolute Gasteiger partial charge is 0.547 e. The minimum Gasteiger partial charge on any atom is -0.535 e. The topological polar surface area (TPSA) is 75.6 Å². The number of carbonyl (C=O) groups excluding carboxylic acids is 2. The number of amides is 1. The fourth-order valence-corrected chi connectivity index (χ4v) is 2.03. The lowest BCUT2D eigenvalue weighted by Gasteiger charge is -2.27. The predicted octanol–water partition coefficient (Wildman–Crippen LogP) is 0.495. The Labute approximate surface area is 112 Å². The number of para-hydroxylation sites is 1. The molecule has 1 heterocycles. The summed E-state index contributed by atoms with van der Waals surface area (Å²) < 4.78 is 5.34. The summed E-state index contributed by atoms with van der Waals surface area (Å²) in [4.78, 5) is 22.5. The van der Waals surface area contributed by atoms with Gasteiger partial charge in [-0.3, -0.25) is 4.79 Å². The lowest BCUT2D eigenvalue weighted by Crippen LogP contribution is -2.53. The summed E-state index contributed by atoms with van der Waals surface area (Å²) in [7, 11) is -1.06. The average molecular weight is 261 g/mol. The Balaban J connectivity index is 1.95. The summed E-state index contributed by atoms with van der Waals surface area (Å²) >= 11 is 0. The van der Waals surface area contributed by atoms with Gasteiger partial charge in [-0.25, -0.2) is 0 Å². The molecule has 100 valence electrons. The number of carbonyl (C=O) groups is 2. The standard InChI is InChI=1S/C13H16BNO4/c1-9(16)6-7-13(17)15-12-8-10-4-2-3-5-11(10)19-14(12)18/h2-5,12,18H,6-8H2,1H3,(H,15,17)/t12-/m0/s1. The maximum atomic E-state index is 11.6. The Morgan fingerprint density at radius 2 is 2.16 bits per heavy atom. The number of rotatable bonds is 4. The molecule has 1 aromatic rings. The van der Waals surface area contributed by atoms with Gasteiger partial charge in [0.1, 0.15) is 11.5 Å². The number of Topliss-reactive ketones (excluding diaryl/α,β-unsaturated/α-hetero) is 1. The van der Waals surface area contributed by atoms with Crippen LogP contribution in [-0.4, -0.2) is 29.8 Å². The molecule has 0 saturated heterocycles. The first kappa shape index (κ1) is 13.6. The Kier molecular flexibility index (Phi) is 4.22. The fraction of sp³-hybridized carbons (Fsp3) is 0.385. The van der Waals surface area contributed by atoms with E-state index in [9.17, 15) is 14.6 Å². The first-order valence-corrected chi connectivity index (χ1v) is 6.27. The van der Waals surface area contributed by atoms with Crippen LogP contribution in [0.3, 0.4) is 0 Å². The number of benzene rings is 1. The molecule has 0 aromatic heterocycles. The van der Waals surface area contributed by atoms with Crippen LogP contribution in [0, 0.1) is 0 Å². The summed E-state index contributed by atoms with van der Waals surface area (Å²) in [6.07, 6.45) is 0.870. The molecule has 1 aromatic carbocycles. The van der Waals surface area contributed by atoms with Crippen LogP contribution < -0.4 is 9.97 Å². The molecule has 1 aliphatic rings. The molecule has 0 aliphatic carbocycles. The highest BCUT2D eigenvalue weighted by atomic mass is 16.5. The van der Waals surface area contributed by atoms with Crippen LogP contribution in [0.1, 0.15) is 25.3 Å². The van der Waals surface area contributed by atoms with Crippen molar-refractivity contribution in [1.29, 1.82) is 0 Å². The molecule has 2 N–H and O–H groups in total. The molecule has 0 fully saturated rings. The van der Waals surface area contributed by atoms with Crippen molar-refractivity contribution >= 4 is 18.8 Å². The van der Waals surface area contributed by atoms with Crippen molar-refractivity contribution in [3.05, 3.63) is 29.8 Å². The Hall–Kier alpha value is -1.82. The normalized spacial score (nSPS) is 17.4. The van der Waals surface area contributed by atoms with Crippen LogP contribution in [-0.2, 0) is 16.0 Å². The zero-order valence-electron chi connectivity index (χ0n) is 10.8. The summed E-state index contributed by atoms with van der Waals surface area (Å²) in [5, 5.41) is 12.5. The molecule has 19 heavy (non-hydrogen) atoms. The molecular weight excluding hydrogens is 245 g/mol. The van der Waals surface area contributed by atoms with Crippen LogP contribution in [0.4, 0.5) is 0 Å². The molecule has 0 bridgehead atoms. The van der Waals surface area contributed by atoms with Crippen LogP contribution in [0.5, 0.6) is 5.75 Å². The number of hydrogen-bond donors (Lipinski definition) is 2. The maximum absolute atomic E-state index is 11.6. The van der Waals surface area contributed by atoms with E-state index in [1.165, 1.54) is 6.92 Å². The van der Waals surface area contributed by atoms with Crippen LogP contribution in [0.2, 0.25) is 0 Å². The molecule has 1 aliphatic heterocycles. The van der Waals surface area contributed by atoms with Gasteiger partial charge in [0.05, 0.1) is 5.94 Å². The number of ketones is 1. The molecule has 1 amide bonds. The molecule has 0 spiro atoms. The fourth-order valence-electron chi connectivity index (χ4n) is 2.03. The molecular formula is C13H16BNO4. The Morgan fingerprint density at radius 3 is 2.89 bits per heavy atom. The van der Waals surface area contributed by atoms with Gasteiger partial charge < -0.3 is 19.8 Å². The van der Waals surface area contributed by atoms with E-state index in [2.05, 4.69) is 5.32 Å². The van der Waals surface area contributed by atoms with Gasteiger partial charge in [-0.05, 0) is 25.0 Å². The highest BCUT2D eigenvalue weighted by Crippen LogP contribution is 2.25. The van der Waals surface area contributed by atoms with Crippen LogP contribution >= 0.6 is 0 Å². The van der Waals surface area contributed by atoms with Gasteiger partial charge in [0, 0.05) is 12.8 Å². The van der Waals surface area contributed by atoms with Gasteiger partial charge in [0.25, 0.3) is 0 Å². The molecule has 2 rings (SSSR count). The maximum Gasteiger partial charge on any atom is 0.547 e. The molecule has 0 saturated carbocycles. The Morgan fingerprint density at radius 1 is 1.42 bits per heavy atom. The second kappa shape index (κ2) is 5.88. The van der Waals surface area contributed by atoms with Gasteiger partial charge in [-0.15, -0.1) is 0 Å². The van der Waals surface area contributed by atoms with Crippen molar-refractivity contribution < 1.29 is 19.3 Å². The highest BCUT2D eigenvalue weighted by Gasteiger charge is 2.35. The van der Waals surface area contributed by atoms with Crippen molar-refractivity contribution in [2.75, 3.05) is 0 Å². The van der Waals surface area contributed by atoms with Crippen molar-refractivity contribution in [2.24, 2.45) is 0 Å². The lowest BCUT2D eigenvalue weighted by atomic mass is 9.72. The third-order valence-corrected chi connectivity index (χ3v) is 3.05. The summed E-state index contributed by atoms with van der Waals surface area (Å²) in [6, 6.07) is 7.40. The molecule has 1 atom stereocenters. The molecule has 0 radical (unpaired) electrons. The van der Waals surface area contributed by atoms with Crippen molar-refractivity contribution in [1.82, 2.24) is 5.32 Å². The number of hydrogen-bond acceptors (Lipinski definition) is 4. The first-order chi connectivity index (χ1) is 9.06. The van der Waals surface area contributed by atoms with Crippen molar-refractivity contribution in [2.45, 2.75) is 32.1 Å². The predicted molar refractivity (Wildman–Crippen MR) is 70.6 cm³/mol. The zero-order chi connectivity index (χ0) is 13.8. The van der Waals surface area contributed by atoms with Gasteiger partial charge in [-0.1, -0.05) is 18.2 Å². The van der Waals surface area contributed by atoms with Crippen molar-refractivity contribution in [3.63, 3.8) is 0 Å². The first-order valence-electron chi connectivity index (χ1n) is 6.27.